The number of hydrogen-bond acceptors (Lipinski definition) is 3. The molecule has 0 bridgehead atoms. The molecular formula is C16H29N3O2. The Morgan fingerprint density at radius 3 is 2.52 bits per heavy atom. The van der Waals surface area contributed by atoms with Crippen LogP contribution in [0.2, 0.25) is 0 Å². The van der Waals surface area contributed by atoms with Crippen molar-refractivity contribution in [2.75, 3.05) is 13.6 Å². The first-order chi connectivity index (χ1) is 9.80. The zero-order valence-electron chi connectivity index (χ0n) is 13.7. The minimum absolute atomic E-state index is 0.0300. The van der Waals surface area contributed by atoms with Gasteiger partial charge in [0.05, 0.1) is 0 Å². The number of carbonyl (C=O) groups is 2. The van der Waals surface area contributed by atoms with Crippen LogP contribution in [0.1, 0.15) is 46.5 Å². The molecule has 5 heteroatoms. The van der Waals surface area contributed by atoms with Crippen LogP contribution >= 0.6 is 0 Å². The molecule has 2 aliphatic rings. The summed E-state index contributed by atoms with van der Waals surface area (Å²) in [7, 11) is 1.63. The highest BCUT2D eigenvalue weighted by Gasteiger charge is 2.48. The molecule has 1 aliphatic heterocycles. The van der Waals surface area contributed by atoms with Crippen LogP contribution in [0.25, 0.3) is 0 Å². The lowest BCUT2D eigenvalue weighted by atomic mass is 9.60. The summed E-state index contributed by atoms with van der Waals surface area (Å²) in [4.78, 5) is 26.8. The Hall–Kier alpha value is -1.10. The third-order valence-corrected chi connectivity index (χ3v) is 5.89. The standard InChI is InChI=1S/C16H29N3O2/c1-10-12(17)8-7-11(16(10,2)3)15(21)19-9-5-6-13(19)14(20)18-4/h10-13H,5-9,17H2,1-4H3,(H,18,20). The van der Waals surface area contributed by atoms with E-state index in [1.807, 2.05) is 0 Å². The molecule has 0 aromatic carbocycles. The Morgan fingerprint density at radius 1 is 1.24 bits per heavy atom. The number of hydrogen-bond donors (Lipinski definition) is 2. The summed E-state index contributed by atoms with van der Waals surface area (Å²) < 4.78 is 0. The molecule has 4 atom stereocenters. The van der Waals surface area contributed by atoms with E-state index in [0.717, 1.165) is 25.7 Å². The Labute approximate surface area is 127 Å². The lowest BCUT2D eigenvalue weighted by Crippen LogP contribution is -2.54. The van der Waals surface area contributed by atoms with Crippen molar-refractivity contribution in [3.8, 4) is 0 Å². The fraction of sp³-hybridized carbons (Fsp3) is 0.875. The number of likely N-dealkylation sites (N-methyl/N-ethyl adjacent to an activating group) is 1. The van der Waals surface area contributed by atoms with Crippen molar-refractivity contribution < 1.29 is 9.59 Å². The molecule has 2 rings (SSSR count). The highest BCUT2D eigenvalue weighted by molar-refractivity contribution is 5.89. The van der Waals surface area contributed by atoms with E-state index in [0.29, 0.717) is 12.5 Å². The summed E-state index contributed by atoms with van der Waals surface area (Å²) in [6.07, 6.45) is 3.40. The van der Waals surface area contributed by atoms with Gasteiger partial charge in [0.15, 0.2) is 0 Å². The zero-order valence-corrected chi connectivity index (χ0v) is 13.7. The molecule has 1 heterocycles. The van der Waals surface area contributed by atoms with Crippen LogP contribution in [0.3, 0.4) is 0 Å². The smallest absolute Gasteiger partial charge is 0.242 e. The van der Waals surface area contributed by atoms with Crippen LogP contribution in [0.15, 0.2) is 0 Å². The molecule has 2 amide bonds. The van der Waals surface area contributed by atoms with E-state index in [1.54, 1.807) is 11.9 Å². The fourth-order valence-electron chi connectivity index (χ4n) is 3.96. The monoisotopic (exact) mass is 295 g/mol. The number of carbonyl (C=O) groups excluding carboxylic acids is 2. The van der Waals surface area contributed by atoms with E-state index < -0.39 is 0 Å². The first kappa shape index (κ1) is 16.3. The van der Waals surface area contributed by atoms with Crippen LogP contribution in [0, 0.1) is 17.3 Å². The molecule has 0 aromatic rings. The summed E-state index contributed by atoms with van der Waals surface area (Å²) in [5, 5.41) is 2.68. The van der Waals surface area contributed by atoms with Gasteiger partial charge in [0.2, 0.25) is 11.8 Å². The maximum Gasteiger partial charge on any atom is 0.242 e. The van der Waals surface area contributed by atoms with Crippen LogP contribution in [-0.2, 0) is 9.59 Å². The molecule has 0 aromatic heterocycles. The second-order valence-electron chi connectivity index (χ2n) is 7.21. The van der Waals surface area contributed by atoms with Gasteiger partial charge in [-0.1, -0.05) is 20.8 Å². The Kier molecular flexibility index (Phi) is 4.61. The SMILES string of the molecule is CNC(=O)C1CCCN1C(=O)C1CCC(N)C(C)C1(C)C. The number of nitrogens with two attached hydrogens (primary N) is 1. The minimum Gasteiger partial charge on any atom is -0.357 e. The molecule has 0 spiro atoms. The predicted molar refractivity (Wildman–Crippen MR) is 82.4 cm³/mol. The molecule has 1 aliphatic carbocycles. The first-order valence-electron chi connectivity index (χ1n) is 8.08. The summed E-state index contributed by atoms with van der Waals surface area (Å²) in [5.74, 6) is 0.378. The maximum atomic E-state index is 13.0. The maximum absolute atomic E-state index is 13.0. The van der Waals surface area contributed by atoms with Crippen molar-refractivity contribution in [3.63, 3.8) is 0 Å². The van der Waals surface area contributed by atoms with Gasteiger partial charge in [0.1, 0.15) is 6.04 Å². The van der Waals surface area contributed by atoms with Gasteiger partial charge in [-0.15, -0.1) is 0 Å². The average molecular weight is 295 g/mol. The Bertz CT molecular complexity index is 422. The number of nitrogens with zero attached hydrogens (tertiary/aromatic N) is 1. The minimum atomic E-state index is -0.288. The molecule has 3 N–H and O–H groups in total. The van der Waals surface area contributed by atoms with E-state index in [9.17, 15) is 9.59 Å². The van der Waals surface area contributed by atoms with Gasteiger partial charge >= 0.3 is 0 Å². The third kappa shape index (κ3) is 2.80. The molecule has 1 saturated heterocycles. The van der Waals surface area contributed by atoms with Crippen molar-refractivity contribution in [1.29, 1.82) is 0 Å². The highest BCUT2D eigenvalue weighted by Crippen LogP contribution is 2.45. The van der Waals surface area contributed by atoms with Gasteiger partial charge in [-0.2, -0.15) is 0 Å². The predicted octanol–water partition coefficient (Wildman–Crippen LogP) is 1.12. The molecule has 4 unspecified atom stereocenters. The van der Waals surface area contributed by atoms with E-state index in [2.05, 4.69) is 26.1 Å². The molecule has 0 radical (unpaired) electrons. The second-order valence-corrected chi connectivity index (χ2v) is 7.21. The van der Waals surface area contributed by atoms with E-state index in [-0.39, 0.29) is 35.2 Å². The van der Waals surface area contributed by atoms with E-state index in [1.165, 1.54) is 0 Å². The van der Waals surface area contributed by atoms with Crippen molar-refractivity contribution >= 4 is 11.8 Å². The van der Waals surface area contributed by atoms with Gasteiger partial charge in [-0.3, -0.25) is 9.59 Å². The molecule has 21 heavy (non-hydrogen) atoms. The molecular weight excluding hydrogens is 266 g/mol. The van der Waals surface area contributed by atoms with Gasteiger partial charge in [0.25, 0.3) is 0 Å². The lowest BCUT2D eigenvalue weighted by Gasteiger charge is -2.47. The van der Waals surface area contributed by atoms with Crippen LogP contribution < -0.4 is 11.1 Å². The van der Waals surface area contributed by atoms with Crippen molar-refractivity contribution in [2.24, 2.45) is 23.0 Å². The molecule has 1 saturated carbocycles. The Balaban J connectivity index is 2.17. The summed E-state index contributed by atoms with van der Waals surface area (Å²) in [6, 6.07) is -0.124. The molecule has 5 nitrogen and oxygen atoms in total. The normalized spacial score (nSPS) is 35.6. The van der Waals surface area contributed by atoms with Gasteiger partial charge in [-0.25, -0.2) is 0 Å². The van der Waals surface area contributed by atoms with E-state index in [4.69, 9.17) is 5.73 Å². The van der Waals surface area contributed by atoms with E-state index >= 15 is 0 Å². The number of rotatable bonds is 2. The highest BCUT2D eigenvalue weighted by atomic mass is 16.2. The van der Waals surface area contributed by atoms with Crippen molar-refractivity contribution in [2.45, 2.75) is 58.5 Å². The number of likely N-dealkylation sites (tertiary alicyclic amines) is 1. The van der Waals surface area contributed by atoms with Crippen molar-refractivity contribution in [3.05, 3.63) is 0 Å². The van der Waals surface area contributed by atoms with Crippen molar-refractivity contribution in [1.82, 2.24) is 10.2 Å². The topological polar surface area (TPSA) is 75.4 Å². The van der Waals surface area contributed by atoms with Crippen LogP contribution in [-0.4, -0.2) is 42.4 Å². The van der Waals surface area contributed by atoms with Gasteiger partial charge < -0.3 is 16.0 Å². The average Bonchev–Trinajstić information content (AvgIpc) is 2.93. The van der Waals surface area contributed by atoms with Gasteiger partial charge in [0, 0.05) is 25.6 Å². The third-order valence-electron chi connectivity index (χ3n) is 5.89. The summed E-state index contributed by atoms with van der Waals surface area (Å²) >= 11 is 0. The fourth-order valence-corrected chi connectivity index (χ4v) is 3.96. The number of amides is 2. The lowest BCUT2D eigenvalue weighted by molar-refractivity contribution is -0.148. The van der Waals surface area contributed by atoms with Crippen LogP contribution in [0.5, 0.6) is 0 Å². The summed E-state index contributed by atoms with van der Waals surface area (Å²) in [5.41, 5.74) is 6.06. The number of nitrogens with one attached hydrogen (secondary N) is 1. The molecule has 120 valence electrons. The quantitative estimate of drug-likeness (QED) is 0.801. The second kappa shape index (κ2) is 5.95. The largest absolute Gasteiger partial charge is 0.357 e. The Morgan fingerprint density at radius 2 is 1.90 bits per heavy atom. The van der Waals surface area contributed by atoms with Crippen LogP contribution in [0.4, 0.5) is 0 Å². The van der Waals surface area contributed by atoms with Gasteiger partial charge in [-0.05, 0) is 37.0 Å². The molecule has 2 fully saturated rings. The first-order valence-corrected chi connectivity index (χ1v) is 8.08. The zero-order chi connectivity index (χ0) is 15.8. The summed E-state index contributed by atoms with van der Waals surface area (Å²) in [6.45, 7) is 7.13.